The van der Waals surface area contributed by atoms with Gasteiger partial charge in [0.05, 0.1) is 6.04 Å². The van der Waals surface area contributed by atoms with Crippen molar-refractivity contribution in [3.63, 3.8) is 0 Å². The van der Waals surface area contributed by atoms with Gasteiger partial charge in [-0.3, -0.25) is 0 Å². The van der Waals surface area contributed by atoms with E-state index in [0.29, 0.717) is 12.3 Å². The summed E-state index contributed by atoms with van der Waals surface area (Å²) in [6, 6.07) is 9.64. The molecule has 104 valence electrons. The molecule has 0 fully saturated rings. The molecular weight excluding hydrogens is 244 g/mol. The summed E-state index contributed by atoms with van der Waals surface area (Å²) in [6.45, 7) is 2.78. The summed E-state index contributed by atoms with van der Waals surface area (Å²) in [6.07, 6.45) is -0.266. The first-order valence-electron chi connectivity index (χ1n) is 6.09. The van der Waals surface area contributed by atoms with Crippen molar-refractivity contribution in [1.29, 1.82) is 5.26 Å². The standard InChI is InChI=1S/C14H20N2O3/c1-11(14(17-2)18-3)16-10-12-4-6-13(7-5-12)19-9-8-15/h4-7,11,14,16H,9-10H2,1-3H3. The van der Waals surface area contributed by atoms with Gasteiger partial charge in [0.1, 0.15) is 11.8 Å². The second kappa shape index (κ2) is 8.48. The predicted molar refractivity (Wildman–Crippen MR) is 71.7 cm³/mol. The van der Waals surface area contributed by atoms with Gasteiger partial charge in [-0.25, -0.2) is 0 Å². The SMILES string of the molecule is COC(OC)C(C)NCc1ccc(OCC#N)cc1. The van der Waals surface area contributed by atoms with Gasteiger partial charge in [-0.05, 0) is 24.6 Å². The molecule has 0 radical (unpaired) electrons. The maximum absolute atomic E-state index is 8.42. The molecule has 1 aromatic carbocycles. The Balaban J connectivity index is 2.43. The highest BCUT2D eigenvalue weighted by atomic mass is 16.7. The fourth-order valence-electron chi connectivity index (χ4n) is 1.70. The first-order chi connectivity index (χ1) is 9.21. The molecule has 5 heteroatoms. The molecule has 1 N–H and O–H groups in total. The Morgan fingerprint density at radius 2 is 1.84 bits per heavy atom. The molecule has 0 aliphatic carbocycles. The lowest BCUT2D eigenvalue weighted by molar-refractivity contribution is -0.119. The van der Waals surface area contributed by atoms with Gasteiger partial charge >= 0.3 is 0 Å². The number of nitriles is 1. The van der Waals surface area contributed by atoms with Gasteiger partial charge in [0.2, 0.25) is 0 Å². The molecular formula is C14H20N2O3. The highest BCUT2D eigenvalue weighted by Gasteiger charge is 2.14. The summed E-state index contributed by atoms with van der Waals surface area (Å²) >= 11 is 0. The summed E-state index contributed by atoms with van der Waals surface area (Å²) in [4.78, 5) is 0. The van der Waals surface area contributed by atoms with E-state index in [2.05, 4.69) is 5.32 Å². The number of rotatable bonds is 8. The number of ether oxygens (including phenoxy) is 3. The number of benzene rings is 1. The Hall–Kier alpha value is -1.61. The number of nitrogens with one attached hydrogen (secondary N) is 1. The second-order valence-electron chi connectivity index (χ2n) is 4.10. The van der Waals surface area contributed by atoms with Gasteiger partial charge in [0.25, 0.3) is 0 Å². The second-order valence-corrected chi connectivity index (χ2v) is 4.10. The maximum Gasteiger partial charge on any atom is 0.174 e. The van der Waals surface area contributed by atoms with Crippen LogP contribution in [0.25, 0.3) is 0 Å². The zero-order valence-corrected chi connectivity index (χ0v) is 11.6. The minimum Gasteiger partial charge on any atom is -0.479 e. The van der Waals surface area contributed by atoms with E-state index in [1.54, 1.807) is 14.2 Å². The van der Waals surface area contributed by atoms with Crippen LogP contribution in [0.2, 0.25) is 0 Å². The molecule has 1 unspecified atom stereocenters. The summed E-state index contributed by atoms with van der Waals surface area (Å²) < 4.78 is 15.5. The molecule has 0 aliphatic heterocycles. The van der Waals surface area contributed by atoms with Crippen molar-refractivity contribution in [1.82, 2.24) is 5.32 Å². The average molecular weight is 264 g/mol. The van der Waals surface area contributed by atoms with E-state index < -0.39 is 0 Å². The molecule has 0 amide bonds. The van der Waals surface area contributed by atoms with Crippen molar-refractivity contribution in [2.45, 2.75) is 25.8 Å². The van der Waals surface area contributed by atoms with Crippen LogP contribution >= 0.6 is 0 Å². The lowest BCUT2D eigenvalue weighted by Gasteiger charge is -2.22. The van der Waals surface area contributed by atoms with Gasteiger partial charge in [0, 0.05) is 20.8 Å². The van der Waals surface area contributed by atoms with E-state index in [9.17, 15) is 0 Å². The lowest BCUT2D eigenvalue weighted by atomic mass is 10.2. The topological polar surface area (TPSA) is 63.5 Å². The first-order valence-corrected chi connectivity index (χ1v) is 6.09. The Kier molecular flexibility index (Phi) is 6.90. The Bertz CT molecular complexity index is 396. The highest BCUT2D eigenvalue weighted by Crippen LogP contribution is 2.12. The third-order valence-corrected chi connectivity index (χ3v) is 2.73. The smallest absolute Gasteiger partial charge is 0.174 e. The van der Waals surface area contributed by atoms with Gasteiger partial charge in [0.15, 0.2) is 12.9 Å². The summed E-state index contributed by atoms with van der Waals surface area (Å²) in [7, 11) is 3.24. The van der Waals surface area contributed by atoms with Crippen LogP contribution in [0, 0.1) is 11.3 Å². The zero-order chi connectivity index (χ0) is 14.1. The molecule has 0 saturated carbocycles. The molecule has 0 saturated heterocycles. The predicted octanol–water partition coefficient (Wildman–Crippen LogP) is 1.69. The summed E-state index contributed by atoms with van der Waals surface area (Å²) in [5.74, 6) is 0.699. The lowest BCUT2D eigenvalue weighted by Crippen LogP contribution is -2.39. The van der Waals surface area contributed by atoms with Crippen molar-refractivity contribution in [2.75, 3.05) is 20.8 Å². The third kappa shape index (κ3) is 5.26. The molecule has 0 aliphatic rings. The van der Waals surface area contributed by atoms with Crippen LogP contribution in [0.4, 0.5) is 0 Å². The molecule has 0 heterocycles. The van der Waals surface area contributed by atoms with Crippen LogP contribution in [0.3, 0.4) is 0 Å². The average Bonchev–Trinajstić information content (AvgIpc) is 2.45. The minimum absolute atomic E-state index is 0.0674. The molecule has 0 aromatic heterocycles. The van der Waals surface area contributed by atoms with E-state index in [0.717, 1.165) is 5.56 Å². The van der Waals surface area contributed by atoms with Gasteiger partial charge in [-0.1, -0.05) is 12.1 Å². The van der Waals surface area contributed by atoms with Gasteiger partial charge < -0.3 is 19.5 Å². The monoisotopic (exact) mass is 264 g/mol. The molecule has 1 atom stereocenters. The van der Waals surface area contributed by atoms with Crippen LogP contribution in [0.5, 0.6) is 5.75 Å². The molecule has 0 spiro atoms. The molecule has 19 heavy (non-hydrogen) atoms. The number of hydrogen-bond acceptors (Lipinski definition) is 5. The summed E-state index contributed by atoms with van der Waals surface area (Å²) in [5, 5.41) is 11.7. The first kappa shape index (κ1) is 15.4. The van der Waals surface area contributed by atoms with Gasteiger partial charge in [-0.15, -0.1) is 0 Å². The minimum atomic E-state index is -0.266. The Morgan fingerprint density at radius 1 is 1.21 bits per heavy atom. The third-order valence-electron chi connectivity index (χ3n) is 2.73. The molecule has 0 bridgehead atoms. The fourth-order valence-corrected chi connectivity index (χ4v) is 1.70. The summed E-state index contributed by atoms with van der Waals surface area (Å²) in [5.41, 5.74) is 1.13. The van der Waals surface area contributed by atoms with Gasteiger partial charge in [-0.2, -0.15) is 5.26 Å². The van der Waals surface area contributed by atoms with E-state index in [4.69, 9.17) is 19.5 Å². The molecule has 1 rings (SSSR count). The Morgan fingerprint density at radius 3 is 2.37 bits per heavy atom. The van der Waals surface area contributed by atoms with Crippen molar-refractivity contribution in [3.8, 4) is 11.8 Å². The van der Waals surface area contributed by atoms with E-state index >= 15 is 0 Å². The van der Waals surface area contributed by atoms with E-state index in [1.165, 1.54) is 0 Å². The maximum atomic E-state index is 8.42. The van der Waals surface area contributed by atoms with Crippen LogP contribution in [0.1, 0.15) is 12.5 Å². The number of methoxy groups -OCH3 is 2. The number of hydrogen-bond donors (Lipinski definition) is 1. The van der Waals surface area contributed by atoms with Crippen molar-refractivity contribution in [3.05, 3.63) is 29.8 Å². The van der Waals surface area contributed by atoms with Crippen molar-refractivity contribution < 1.29 is 14.2 Å². The number of nitrogens with zero attached hydrogens (tertiary/aromatic N) is 1. The van der Waals surface area contributed by atoms with Crippen LogP contribution in [-0.2, 0) is 16.0 Å². The largest absolute Gasteiger partial charge is 0.479 e. The Labute approximate surface area is 114 Å². The molecule has 1 aromatic rings. The quantitative estimate of drug-likeness (QED) is 0.724. The zero-order valence-electron chi connectivity index (χ0n) is 11.6. The van der Waals surface area contributed by atoms with Crippen molar-refractivity contribution >= 4 is 0 Å². The highest BCUT2D eigenvalue weighted by molar-refractivity contribution is 5.27. The fraction of sp³-hybridized carbons (Fsp3) is 0.500. The normalized spacial score (nSPS) is 12.2. The van der Waals surface area contributed by atoms with Crippen molar-refractivity contribution in [2.24, 2.45) is 0 Å². The van der Waals surface area contributed by atoms with Crippen LogP contribution in [0.15, 0.2) is 24.3 Å². The van der Waals surface area contributed by atoms with E-state index in [1.807, 2.05) is 37.3 Å². The van der Waals surface area contributed by atoms with E-state index in [-0.39, 0.29) is 18.9 Å². The molecule has 5 nitrogen and oxygen atoms in total. The van der Waals surface area contributed by atoms with Crippen LogP contribution in [-0.4, -0.2) is 33.2 Å². The van der Waals surface area contributed by atoms with Crippen LogP contribution < -0.4 is 10.1 Å².